The molecule has 0 N–H and O–H groups in total. The molecule has 2 heterocycles. The van der Waals surface area contributed by atoms with Gasteiger partial charge in [-0.05, 0) is 31.2 Å². The fourth-order valence-corrected chi connectivity index (χ4v) is 2.28. The summed E-state index contributed by atoms with van der Waals surface area (Å²) in [5, 5.41) is 11.8. The molecule has 1 aliphatic heterocycles. The average Bonchev–Trinajstić information content (AvgIpc) is 2.84. The summed E-state index contributed by atoms with van der Waals surface area (Å²) >= 11 is 5.74. The minimum absolute atomic E-state index is 0.324. The minimum atomic E-state index is -1.08. The molecule has 2 rings (SSSR count). The maximum Gasteiger partial charge on any atom is 0.282 e. The van der Waals surface area contributed by atoms with Crippen molar-refractivity contribution in [3.05, 3.63) is 51.3 Å². The van der Waals surface area contributed by atoms with Crippen molar-refractivity contribution in [2.45, 2.75) is 18.5 Å². The molecule has 7 heteroatoms. The number of nitrogens with zero attached hydrogens (tertiary/aromatic N) is 4. The number of halogens is 1. The van der Waals surface area contributed by atoms with Crippen molar-refractivity contribution < 1.29 is 4.92 Å². The van der Waals surface area contributed by atoms with E-state index in [0.717, 1.165) is 0 Å². The lowest BCUT2D eigenvalue weighted by molar-refractivity contribution is -0.509. The number of pyridine rings is 1. The van der Waals surface area contributed by atoms with Crippen molar-refractivity contribution >= 4 is 23.5 Å². The molecular formula is C13H13ClN4O2. The number of hydrogen-bond acceptors (Lipinski definition) is 5. The average molecular weight is 293 g/mol. The van der Waals surface area contributed by atoms with Crippen LogP contribution >= 0.6 is 11.6 Å². The van der Waals surface area contributed by atoms with Gasteiger partial charge >= 0.3 is 0 Å². The van der Waals surface area contributed by atoms with Crippen molar-refractivity contribution in [3.8, 4) is 0 Å². The van der Waals surface area contributed by atoms with Gasteiger partial charge in [-0.3, -0.25) is 20.1 Å². The highest BCUT2D eigenvalue weighted by atomic mass is 35.5. The molecule has 0 radical (unpaired) electrons. The van der Waals surface area contributed by atoms with Crippen LogP contribution in [-0.4, -0.2) is 40.5 Å². The van der Waals surface area contributed by atoms with Crippen LogP contribution in [-0.2, 0) is 0 Å². The quantitative estimate of drug-likeness (QED) is 0.369. The van der Waals surface area contributed by atoms with Gasteiger partial charge in [0.1, 0.15) is 16.4 Å². The van der Waals surface area contributed by atoms with Crippen LogP contribution in [0.4, 0.5) is 0 Å². The second-order valence-electron chi connectivity index (χ2n) is 4.53. The Morgan fingerprint density at radius 3 is 2.75 bits per heavy atom. The molecule has 0 fully saturated rings. The van der Waals surface area contributed by atoms with Crippen molar-refractivity contribution in [1.82, 2.24) is 4.98 Å². The molecule has 1 aromatic rings. The zero-order chi connectivity index (χ0) is 14.8. The lowest BCUT2D eigenvalue weighted by Gasteiger charge is -2.24. The Morgan fingerprint density at radius 1 is 1.55 bits per heavy atom. The SMILES string of the molecule is CN=C(c1ccc(Cl)nc1)C([N+](=O)[O-])C1(C)C=CC=N1. The molecule has 1 aliphatic rings. The van der Waals surface area contributed by atoms with Crippen LogP contribution in [0.25, 0.3) is 0 Å². The third-order valence-electron chi connectivity index (χ3n) is 3.16. The van der Waals surface area contributed by atoms with Gasteiger partial charge in [0.15, 0.2) is 0 Å². The zero-order valence-electron chi connectivity index (χ0n) is 11.0. The number of nitro groups is 1. The van der Waals surface area contributed by atoms with Crippen LogP contribution in [0.15, 0.2) is 40.5 Å². The van der Waals surface area contributed by atoms with Crippen LogP contribution < -0.4 is 0 Å². The van der Waals surface area contributed by atoms with Gasteiger partial charge in [-0.25, -0.2) is 4.98 Å². The second kappa shape index (κ2) is 5.50. The molecule has 0 aromatic carbocycles. The first-order valence-corrected chi connectivity index (χ1v) is 6.31. The van der Waals surface area contributed by atoms with Gasteiger partial charge in [-0.2, -0.15) is 0 Å². The van der Waals surface area contributed by atoms with E-state index in [4.69, 9.17) is 11.6 Å². The number of allylic oxidation sites excluding steroid dienone is 1. The largest absolute Gasteiger partial charge is 0.285 e. The van der Waals surface area contributed by atoms with E-state index in [-0.39, 0.29) is 4.92 Å². The first-order chi connectivity index (χ1) is 9.48. The summed E-state index contributed by atoms with van der Waals surface area (Å²) in [6.45, 7) is 1.70. The van der Waals surface area contributed by atoms with Gasteiger partial charge in [0.05, 0.1) is 0 Å². The van der Waals surface area contributed by atoms with Crippen LogP contribution in [0.5, 0.6) is 0 Å². The number of aliphatic imine (C=N–C) groups is 2. The first-order valence-electron chi connectivity index (χ1n) is 5.93. The van der Waals surface area contributed by atoms with Gasteiger partial charge in [0.25, 0.3) is 6.04 Å². The smallest absolute Gasteiger partial charge is 0.282 e. The molecule has 2 atom stereocenters. The zero-order valence-corrected chi connectivity index (χ0v) is 11.8. The lowest BCUT2D eigenvalue weighted by atomic mass is 9.87. The van der Waals surface area contributed by atoms with Crippen molar-refractivity contribution in [3.63, 3.8) is 0 Å². The van der Waals surface area contributed by atoms with Crippen LogP contribution in [0, 0.1) is 10.1 Å². The highest BCUT2D eigenvalue weighted by molar-refractivity contribution is 6.29. The second-order valence-corrected chi connectivity index (χ2v) is 4.92. The third-order valence-corrected chi connectivity index (χ3v) is 3.38. The van der Waals surface area contributed by atoms with E-state index >= 15 is 0 Å². The number of hydrogen-bond donors (Lipinski definition) is 0. The summed E-state index contributed by atoms with van der Waals surface area (Å²) in [4.78, 5) is 23.4. The van der Waals surface area contributed by atoms with E-state index in [9.17, 15) is 10.1 Å². The van der Waals surface area contributed by atoms with Gasteiger partial charge in [0.2, 0.25) is 0 Å². The van der Waals surface area contributed by atoms with Gasteiger partial charge in [0, 0.05) is 29.9 Å². The molecule has 104 valence electrons. The standard InChI is InChI=1S/C13H13ClN4O2/c1-13(6-3-7-17-13)12(18(19)20)11(15-2)9-4-5-10(14)16-8-9/h3-8,12H,1-2H3. The Labute approximate surface area is 121 Å². The summed E-state index contributed by atoms with van der Waals surface area (Å²) in [5.74, 6) is 0. The fraction of sp³-hybridized carbons (Fsp3) is 0.308. The fourth-order valence-electron chi connectivity index (χ4n) is 2.17. The summed E-state index contributed by atoms with van der Waals surface area (Å²) < 4.78 is 0. The number of aromatic nitrogens is 1. The summed E-state index contributed by atoms with van der Waals surface area (Å²) in [6, 6.07) is 2.17. The lowest BCUT2D eigenvalue weighted by Crippen LogP contribution is -2.47. The first kappa shape index (κ1) is 14.3. The van der Waals surface area contributed by atoms with Crippen molar-refractivity contribution in [1.29, 1.82) is 0 Å². The van der Waals surface area contributed by atoms with E-state index in [1.165, 1.54) is 13.2 Å². The van der Waals surface area contributed by atoms with Gasteiger partial charge in [-0.15, -0.1) is 0 Å². The Morgan fingerprint density at radius 2 is 2.30 bits per heavy atom. The molecule has 0 aliphatic carbocycles. The molecule has 2 unspecified atom stereocenters. The molecule has 0 saturated carbocycles. The van der Waals surface area contributed by atoms with Crippen molar-refractivity contribution in [2.75, 3.05) is 7.05 Å². The van der Waals surface area contributed by atoms with Crippen LogP contribution in [0.1, 0.15) is 12.5 Å². The maximum absolute atomic E-state index is 11.5. The predicted molar refractivity (Wildman–Crippen MR) is 78.5 cm³/mol. The summed E-state index contributed by atoms with van der Waals surface area (Å²) in [7, 11) is 1.52. The highest BCUT2D eigenvalue weighted by Gasteiger charge is 2.46. The van der Waals surface area contributed by atoms with E-state index in [0.29, 0.717) is 16.4 Å². The Balaban J connectivity index is 2.47. The predicted octanol–water partition coefficient (Wildman–Crippen LogP) is 2.20. The highest BCUT2D eigenvalue weighted by Crippen LogP contribution is 2.26. The normalized spacial score (nSPS) is 23.1. The Bertz CT molecular complexity index is 595. The topological polar surface area (TPSA) is 80.8 Å². The molecule has 1 aromatic heterocycles. The number of rotatable bonds is 4. The van der Waals surface area contributed by atoms with Gasteiger partial charge in [-0.1, -0.05) is 11.6 Å². The van der Waals surface area contributed by atoms with Crippen LogP contribution in [0.2, 0.25) is 5.15 Å². The van der Waals surface area contributed by atoms with E-state index in [1.54, 1.807) is 37.4 Å². The van der Waals surface area contributed by atoms with Gasteiger partial charge < -0.3 is 0 Å². The molecule has 0 amide bonds. The molecule has 0 saturated heterocycles. The van der Waals surface area contributed by atoms with E-state index in [1.807, 2.05) is 0 Å². The van der Waals surface area contributed by atoms with E-state index in [2.05, 4.69) is 15.0 Å². The summed E-state index contributed by atoms with van der Waals surface area (Å²) in [5.41, 5.74) is -0.0569. The Hall–Kier alpha value is -2.08. The van der Waals surface area contributed by atoms with Crippen molar-refractivity contribution in [2.24, 2.45) is 9.98 Å². The molecular weight excluding hydrogens is 280 g/mol. The minimum Gasteiger partial charge on any atom is -0.285 e. The molecule has 20 heavy (non-hydrogen) atoms. The van der Waals surface area contributed by atoms with E-state index < -0.39 is 11.6 Å². The Kier molecular flexibility index (Phi) is 3.94. The monoisotopic (exact) mass is 292 g/mol. The molecule has 0 spiro atoms. The summed E-state index contributed by atoms with van der Waals surface area (Å²) in [6.07, 6.45) is 6.44. The molecule has 0 bridgehead atoms. The van der Waals surface area contributed by atoms with Crippen LogP contribution in [0.3, 0.4) is 0 Å². The third kappa shape index (κ3) is 2.60. The molecule has 6 nitrogen and oxygen atoms in total. The maximum atomic E-state index is 11.5.